The molecule has 0 aliphatic rings. The summed E-state index contributed by atoms with van der Waals surface area (Å²) in [5.74, 6) is 5.67. The normalized spacial score (nSPS) is 10.5. The van der Waals surface area contributed by atoms with Crippen LogP contribution in [-0.4, -0.2) is 29.7 Å². The van der Waals surface area contributed by atoms with Gasteiger partial charge in [-0.25, -0.2) is 15.6 Å². The molecule has 3 rings (SSSR count). The van der Waals surface area contributed by atoms with Crippen LogP contribution in [0, 0.1) is 0 Å². The van der Waals surface area contributed by atoms with Gasteiger partial charge in [-0.1, -0.05) is 6.07 Å². The van der Waals surface area contributed by atoms with E-state index in [4.69, 9.17) is 26.8 Å². The molecule has 0 fully saturated rings. The van der Waals surface area contributed by atoms with Gasteiger partial charge in [-0.3, -0.25) is 4.79 Å². The molecule has 0 bridgehead atoms. The fourth-order valence-electron chi connectivity index (χ4n) is 2.95. The Morgan fingerprint density at radius 3 is 2.60 bits per heavy atom. The number of nitrogen functional groups attached to an aromatic ring is 3. The number of ether oxygens (including phenoxy) is 2. The second kappa shape index (κ2) is 8.53. The van der Waals surface area contributed by atoms with E-state index in [0.717, 1.165) is 5.56 Å². The number of H-pyrrole nitrogens is 1. The minimum Gasteiger partial charge on any atom is -0.493 e. The van der Waals surface area contributed by atoms with Gasteiger partial charge in [0.05, 0.1) is 24.8 Å². The fourth-order valence-corrected chi connectivity index (χ4v) is 2.95. The lowest BCUT2D eigenvalue weighted by atomic mass is 10.00. The first-order valence-corrected chi connectivity index (χ1v) is 9.00. The van der Waals surface area contributed by atoms with Crippen molar-refractivity contribution in [1.82, 2.24) is 9.97 Å². The number of nitrogens with two attached hydrogens (primary N) is 3. The average Bonchev–Trinajstić information content (AvgIpc) is 2.74. The van der Waals surface area contributed by atoms with E-state index in [1.54, 1.807) is 30.3 Å². The third-order valence-corrected chi connectivity index (χ3v) is 4.34. The van der Waals surface area contributed by atoms with Crippen LogP contribution in [0.4, 0.5) is 17.2 Å². The van der Waals surface area contributed by atoms with E-state index < -0.39 is 11.5 Å². The number of carbonyl (C=O) groups excluding carboxylic acids is 1. The number of esters is 1. The Kier molecular flexibility index (Phi) is 5.88. The maximum absolute atomic E-state index is 12.1. The van der Waals surface area contributed by atoms with Gasteiger partial charge in [-0.15, -0.1) is 0 Å². The number of anilines is 3. The van der Waals surface area contributed by atoms with E-state index in [-0.39, 0.29) is 17.3 Å². The molecule has 0 atom stereocenters. The number of nitrogens with one attached hydrogen (secondary N) is 2. The van der Waals surface area contributed by atoms with Gasteiger partial charge < -0.3 is 31.4 Å². The summed E-state index contributed by atoms with van der Waals surface area (Å²) in [5.41, 5.74) is 16.0. The quantitative estimate of drug-likeness (QED) is 0.176. The highest BCUT2D eigenvalue weighted by molar-refractivity contribution is 5.92. The summed E-state index contributed by atoms with van der Waals surface area (Å²) in [6.07, 6.45) is 0. The Morgan fingerprint density at radius 2 is 1.93 bits per heavy atom. The summed E-state index contributed by atoms with van der Waals surface area (Å²) in [5, 5.41) is 0. The number of aromatic nitrogens is 2. The number of aromatic amines is 1. The molecule has 10 heteroatoms. The third-order valence-electron chi connectivity index (χ3n) is 4.34. The second-order valence-electron chi connectivity index (χ2n) is 6.30. The molecule has 30 heavy (non-hydrogen) atoms. The first-order chi connectivity index (χ1) is 14.4. The summed E-state index contributed by atoms with van der Waals surface area (Å²) in [6, 6.07) is 10.2. The minimum absolute atomic E-state index is 0.0545. The van der Waals surface area contributed by atoms with E-state index in [2.05, 4.69) is 15.4 Å². The molecule has 0 aliphatic heterocycles. The smallest absolute Gasteiger partial charge is 0.337 e. The molecule has 0 unspecified atom stereocenters. The van der Waals surface area contributed by atoms with Crippen LogP contribution in [0.3, 0.4) is 0 Å². The molecule has 0 aliphatic carbocycles. The second-order valence-corrected chi connectivity index (χ2v) is 6.30. The van der Waals surface area contributed by atoms with E-state index in [1.807, 2.05) is 6.92 Å². The summed E-state index contributed by atoms with van der Waals surface area (Å²) in [4.78, 5) is 30.9. The molecule has 0 saturated carbocycles. The van der Waals surface area contributed by atoms with E-state index in [0.29, 0.717) is 34.7 Å². The number of carbonyl (C=O) groups is 1. The van der Waals surface area contributed by atoms with Gasteiger partial charge in [0.25, 0.3) is 5.56 Å². The molecule has 8 N–H and O–H groups in total. The van der Waals surface area contributed by atoms with Gasteiger partial charge in [-0.2, -0.15) is 0 Å². The lowest BCUT2D eigenvalue weighted by Crippen LogP contribution is -2.20. The molecule has 10 nitrogen and oxygen atoms in total. The Labute approximate surface area is 172 Å². The lowest BCUT2D eigenvalue weighted by Gasteiger charge is -2.14. The number of rotatable bonds is 6. The number of benzene rings is 2. The Bertz CT molecular complexity index is 1160. The van der Waals surface area contributed by atoms with Crippen LogP contribution in [0.1, 0.15) is 17.3 Å². The van der Waals surface area contributed by atoms with E-state index in [1.165, 1.54) is 13.2 Å². The fraction of sp³-hybridized carbons (Fsp3) is 0.150. The van der Waals surface area contributed by atoms with Gasteiger partial charge in [0.1, 0.15) is 17.3 Å². The zero-order valence-electron chi connectivity index (χ0n) is 16.5. The Morgan fingerprint density at radius 1 is 1.17 bits per heavy atom. The zero-order chi connectivity index (χ0) is 21.8. The van der Waals surface area contributed by atoms with E-state index >= 15 is 0 Å². The SMILES string of the molecule is CCOc1cc(-c2cc(N)cc(C(=O)OC)c2)ccc1-c1nc(NN)c(N)c(=O)[nH]1. The van der Waals surface area contributed by atoms with Gasteiger partial charge in [-0.05, 0) is 48.4 Å². The number of hydrazine groups is 1. The predicted molar refractivity (Wildman–Crippen MR) is 115 cm³/mol. The standard InChI is InChI=1S/C20H22N6O4/c1-3-30-15-9-10(11-6-12(20(28)29-2)8-13(21)7-11)4-5-14(15)17-24-18(26-23)16(22)19(27)25-17/h4-9H,3,21-23H2,1-2H3,(H2,24,25,26,27). The molecule has 3 aromatic rings. The third kappa shape index (κ3) is 4.03. The maximum atomic E-state index is 12.1. The zero-order valence-corrected chi connectivity index (χ0v) is 16.5. The summed E-state index contributed by atoms with van der Waals surface area (Å²) < 4.78 is 10.5. The first-order valence-electron chi connectivity index (χ1n) is 9.00. The Hall–Kier alpha value is -4.05. The molecule has 2 aromatic carbocycles. The highest BCUT2D eigenvalue weighted by Gasteiger charge is 2.15. The summed E-state index contributed by atoms with van der Waals surface area (Å²) >= 11 is 0. The average molecular weight is 410 g/mol. The molecule has 1 heterocycles. The monoisotopic (exact) mass is 410 g/mol. The molecule has 0 amide bonds. The van der Waals surface area contributed by atoms with Crippen LogP contribution < -0.4 is 33.0 Å². The van der Waals surface area contributed by atoms with Crippen molar-refractivity contribution in [3.8, 4) is 28.3 Å². The molecular formula is C20H22N6O4. The van der Waals surface area contributed by atoms with Crippen LogP contribution in [0.15, 0.2) is 41.2 Å². The number of methoxy groups -OCH3 is 1. The van der Waals surface area contributed by atoms with Crippen molar-refractivity contribution in [3.05, 3.63) is 52.3 Å². The Balaban J connectivity index is 2.14. The maximum Gasteiger partial charge on any atom is 0.337 e. The van der Waals surface area contributed by atoms with Crippen molar-refractivity contribution >= 4 is 23.2 Å². The predicted octanol–water partition coefficient (Wildman–Crippen LogP) is 1.74. The van der Waals surface area contributed by atoms with E-state index in [9.17, 15) is 9.59 Å². The summed E-state index contributed by atoms with van der Waals surface area (Å²) in [7, 11) is 1.30. The van der Waals surface area contributed by atoms with Gasteiger partial charge in [0.2, 0.25) is 0 Å². The molecule has 0 saturated heterocycles. The minimum atomic E-state index is -0.530. The van der Waals surface area contributed by atoms with Crippen LogP contribution in [-0.2, 0) is 4.74 Å². The first kappa shape index (κ1) is 20.7. The molecular weight excluding hydrogens is 388 g/mol. The van der Waals surface area contributed by atoms with Crippen molar-refractivity contribution in [2.45, 2.75) is 6.92 Å². The molecule has 156 valence electrons. The highest BCUT2D eigenvalue weighted by Crippen LogP contribution is 2.34. The van der Waals surface area contributed by atoms with Crippen molar-refractivity contribution in [2.24, 2.45) is 5.84 Å². The number of nitrogens with zero attached hydrogens (tertiary/aromatic N) is 1. The summed E-state index contributed by atoms with van der Waals surface area (Å²) in [6.45, 7) is 2.21. The van der Waals surface area contributed by atoms with Crippen molar-refractivity contribution < 1.29 is 14.3 Å². The molecule has 0 radical (unpaired) electrons. The molecule has 1 aromatic heterocycles. The largest absolute Gasteiger partial charge is 0.493 e. The lowest BCUT2D eigenvalue weighted by molar-refractivity contribution is 0.0601. The van der Waals surface area contributed by atoms with Gasteiger partial charge in [0.15, 0.2) is 5.82 Å². The highest BCUT2D eigenvalue weighted by atomic mass is 16.5. The van der Waals surface area contributed by atoms with Gasteiger partial charge >= 0.3 is 5.97 Å². The van der Waals surface area contributed by atoms with Crippen LogP contribution in [0.2, 0.25) is 0 Å². The number of hydrogen-bond donors (Lipinski definition) is 5. The molecule has 0 spiro atoms. The topological polar surface area (TPSA) is 171 Å². The van der Waals surface area contributed by atoms with Crippen LogP contribution in [0.25, 0.3) is 22.5 Å². The van der Waals surface area contributed by atoms with Gasteiger partial charge in [0, 0.05) is 5.69 Å². The van der Waals surface area contributed by atoms with Crippen molar-refractivity contribution in [3.63, 3.8) is 0 Å². The van der Waals surface area contributed by atoms with Crippen LogP contribution >= 0.6 is 0 Å². The number of hydrogen-bond acceptors (Lipinski definition) is 9. The van der Waals surface area contributed by atoms with Crippen molar-refractivity contribution in [2.75, 3.05) is 30.6 Å². The van der Waals surface area contributed by atoms with Crippen molar-refractivity contribution in [1.29, 1.82) is 0 Å². The van der Waals surface area contributed by atoms with Crippen LogP contribution in [0.5, 0.6) is 5.75 Å².